The Labute approximate surface area is 149 Å². The lowest BCUT2D eigenvalue weighted by Crippen LogP contribution is -2.39. The van der Waals surface area contributed by atoms with Gasteiger partial charge in [0.1, 0.15) is 0 Å². The predicted octanol–water partition coefficient (Wildman–Crippen LogP) is 1.56. The van der Waals surface area contributed by atoms with Crippen molar-refractivity contribution in [3.8, 4) is 0 Å². The van der Waals surface area contributed by atoms with Crippen molar-refractivity contribution in [2.24, 2.45) is 5.73 Å². The number of hydrogen-bond donors (Lipinski definition) is 3. The number of rotatable bonds is 11. The van der Waals surface area contributed by atoms with Gasteiger partial charge in [-0.05, 0) is 19.3 Å². The molecular formula is C16H24F2N4O4. The fourth-order valence-corrected chi connectivity index (χ4v) is 2.44. The number of halogens is 2. The molecule has 1 aromatic rings. The molecule has 10 heteroatoms. The van der Waals surface area contributed by atoms with Crippen molar-refractivity contribution in [2.45, 2.75) is 75.9 Å². The van der Waals surface area contributed by atoms with Crippen LogP contribution in [0.4, 0.5) is 8.78 Å². The molecular weight excluding hydrogens is 350 g/mol. The van der Waals surface area contributed by atoms with E-state index in [0.29, 0.717) is 12.3 Å². The van der Waals surface area contributed by atoms with Crippen molar-refractivity contribution in [3.63, 3.8) is 0 Å². The van der Waals surface area contributed by atoms with Crippen LogP contribution in [0.2, 0.25) is 0 Å². The van der Waals surface area contributed by atoms with Gasteiger partial charge in [0.25, 0.3) is 0 Å². The summed E-state index contributed by atoms with van der Waals surface area (Å²) in [7, 11) is 0. The number of aliphatic hydroxyl groups is 1. The summed E-state index contributed by atoms with van der Waals surface area (Å²) in [6, 6.07) is -0.728. The maximum Gasteiger partial charge on any atom is 0.249 e. The first-order valence-corrected chi connectivity index (χ1v) is 8.68. The molecule has 0 aromatic carbocycles. The number of carbonyl (C=O) groups is 2. The summed E-state index contributed by atoms with van der Waals surface area (Å²) in [6.07, 6.45) is -1.19. The minimum Gasteiger partial charge on any atom is -0.422 e. The Balaban J connectivity index is 1.83. The Morgan fingerprint density at radius 2 is 2.00 bits per heavy atom. The van der Waals surface area contributed by atoms with Gasteiger partial charge in [-0.2, -0.15) is 0 Å². The van der Waals surface area contributed by atoms with Gasteiger partial charge in [0.2, 0.25) is 29.5 Å². The van der Waals surface area contributed by atoms with E-state index < -0.39 is 55.6 Å². The van der Waals surface area contributed by atoms with Crippen LogP contribution in [0.1, 0.15) is 75.7 Å². The summed E-state index contributed by atoms with van der Waals surface area (Å²) < 4.78 is 32.6. The quantitative estimate of drug-likeness (QED) is 0.539. The molecule has 0 unspecified atom stereocenters. The van der Waals surface area contributed by atoms with Gasteiger partial charge < -0.3 is 20.6 Å². The lowest BCUT2D eigenvalue weighted by atomic mass is 10.1. The maximum atomic E-state index is 13.6. The lowest BCUT2D eigenvalue weighted by Gasteiger charge is -2.21. The van der Waals surface area contributed by atoms with Gasteiger partial charge in [0.15, 0.2) is 6.10 Å². The molecule has 1 saturated carbocycles. The Morgan fingerprint density at radius 1 is 1.35 bits per heavy atom. The molecule has 8 nitrogen and oxygen atoms in total. The van der Waals surface area contributed by atoms with Crippen LogP contribution in [0.3, 0.4) is 0 Å². The topological polar surface area (TPSA) is 131 Å². The predicted molar refractivity (Wildman–Crippen MR) is 86.1 cm³/mol. The van der Waals surface area contributed by atoms with Gasteiger partial charge in [0.05, 0.1) is 6.04 Å². The molecule has 1 aromatic heterocycles. The smallest absolute Gasteiger partial charge is 0.249 e. The van der Waals surface area contributed by atoms with Crippen molar-refractivity contribution < 1.29 is 27.9 Å². The number of nitrogens with two attached hydrogens (primary N) is 1. The van der Waals surface area contributed by atoms with Crippen molar-refractivity contribution in [1.29, 1.82) is 0 Å². The number of aromatic nitrogens is 2. The summed E-state index contributed by atoms with van der Waals surface area (Å²) in [5.41, 5.74) is 4.85. The molecule has 1 fully saturated rings. The minimum atomic E-state index is -3.15. The van der Waals surface area contributed by atoms with Gasteiger partial charge in [-0.15, -0.1) is 10.2 Å². The van der Waals surface area contributed by atoms with Gasteiger partial charge in [-0.1, -0.05) is 6.92 Å². The molecule has 2 rings (SSSR count). The van der Waals surface area contributed by atoms with Crippen LogP contribution >= 0.6 is 0 Å². The second-order valence-electron chi connectivity index (χ2n) is 6.60. The Bertz CT molecular complexity index is 634. The first-order chi connectivity index (χ1) is 12.2. The lowest BCUT2D eigenvalue weighted by molar-refractivity contribution is -0.125. The van der Waals surface area contributed by atoms with E-state index in [4.69, 9.17) is 10.2 Å². The van der Waals surface area contributed by atoms with E-state index in [1.165, 1.54) is 0 Å². The number of alkyl halides is 2. The highest BCUT2D eigenvalue weighted by Crippen LogP contribution is 2.39. The molecule has 1 aliphatic rings. The fraction of sp³-hybridized carbons (Fsp3) is 0.750. The van der Waals surface area contributed by atoms with Gasteiger partial charge in [-0.25, -0.2) is 8.78 Å². The third kappa shape index (κ3) is 6.01. The number of hydrogen-bond acceptors (Lipinski definition) is 6. The van der Waals surface area contributed by atoms with Crippen LogP contribution < -0.4 is 11.1 Å². The molecule has 146 valence electrons. The van der Waals surface area contributed by atoms with Crippen LogP contribution in [-0.2, 0) is 9.59 Å². The zero-order chi connectivity index (χ0) is 19.3. The van der Waals surface area contributed by atoms with Crippen molar-refractivity contribution in [1.82, 2.24) is 15.5 Å². The third-order valence-electron chi connectivity index (χ3n) is 4.26. The number of aliphatic hydroxyl groups excluding tert-OH is 1. The van der Waals surface area contributed by atoms with Crippen molar-refractivity contribution in [3.05, 3.63) is 11.8 Å². The summed E-state index contributed by atoms with van der Waals surface area (Å²) in [5.74, 6) is -3.89. The zero-order valence-electron chi connectivity index (χ0n) is 14.6. The standard InChI is InChI=1S/C16H24F2N4O4/c1-2-10(13(25)15-22-21-14(26-15)9-3-4-9)20-12(24)6-8-16(17,18)7-5-11(19)23/h9-10,13,25H,2-8H2,1H3,(H2,19,23)(H,20,24)/t10-,13-/m0/s1. The second kappa shape index (κ2) is 8.52. The van der Waals surface area contributed by atoms with Crippen LogP contribution in [-0.4, -0.2) is 39.1 Å². The van der Waals surface area contributed by atoms with E-state index >= 15 is 0 Å². The summed E-state index contributed by atoms with van der Waals surface area (Å²) in [5, 5.41) is 20.5. The Kier molecular flexibility index (Phi) is 6.63. The monoisotopic (exact) mass is 374 g/mol. The highest BCUT2D eigenvalue weighted by molar-refractivity contribution is 5.76. The van der Waals surface area contributed by atoms with Crippen molar-refractivity contribution in [2.75, 3.05) is 0 Å². The SMILES string of the molecule is CC[C@H](NC(=O)CCC(F)(F)CCC(N)=O)[C@H](O)c1nnc(C2CC2)o1. The number of primary amides is 1. The number of nitrogens with zero attached hydrogens (tertiary/aromatic N) is 2. The molecule has 2 amide bonds. The van der Waals surface area contributed by atoms with Gasteiger partial charge >= 0.3 is 0 Å². The Hall–Kier alpha value is -2.10. The minimum absolute atomic E-state index is 0.00541. The summed E-state index contributed by atoms with van der Waals surface area (Å²) in [6.45, 7) is 1.73. The van der Waals surface area contributed by atoms with E-state index in [1.807, 2.05) is 0 Å². The zero-order valence-corrected chi connectivity index (χ0v) is 14.6. The normalized spacial score (nSPS) is 16.9. The molecule has 1 heterocycles. The number of carbonyl (C=O) groups excluding carboxylic acids is 2. The average Bonchev–Trinajstić information content (AvgIpc) is 3.33. The molecule has 0 saturated heterocycles. The third-order valence-corrected chi connectivity index (χ3v) is 4.26. The molecule has 0 radical (unpaired) electrons. The first-order valence-electron chi connectivity index (χ1n) is 8.68. The van der Waals surface area contributed by atoms with Gasteiger partial charge in [0, 0.05) is 31.6 Å². The highest BCUT2D eigenvalue weighted by atomic mass is 19.3. The largest absolute Gasteiger partial charge is 0.422 e. The molecule has 2 atom stereocenters. The number of amides is 2. The van der Waals surface area contributed by atoms with Crippen LogP contribution in [0.15, 0.2) is 4.42 Å². The van der Waals surface area contributed by atoms with Crippen LogP contribution in [0, 0.1) is 0 Å². The first kappa shape index (κ1) is 20.2. The Morgan fingerprint density at radius 3 is 2.58 bits per heavy atom. The molecule has 0 aliphatic heterocycles. The van der Waals surface area contributed by atoms with E-state index in [0.717, 1.165) is 12.8 Å². The molecule has 4 N–H and O–H groups in total. The van der Waals surface area contributed by atoms with Crippen LogP contribution in [0.25, 0.3) is 0 Å². The highest BCUT2D eigenvalue weighted by Gasteiger charge is 2.33. The van der Waals surface area contributed by atoms with E-state index in [2.05, 4.69) is 15.5 Å². The molecule has 0 bridgehead atoms. The number of nitrogens with one attached hydrogen (secondary N) is 1. The fourth-order valence-electron chi connectivity index (χ4n) is 2.44. The molecule has 1 aliphatic carbocycles. The average molecular weight is 374 g/mol. The molecule has 26 heavy (non-hydrogen) atoms. The van der Waals surface area contributed by atoms with Crippen LogP contribution in [0.5, 0.6) is 0 Å². The van der Waals surface area contributed by atoms with Gasteiger partial charge in [-0.3, -0.25) is 9.59 Å². The molecule has 0 spiro atoms. The van der Waals surface area contributed by atoms with E-state index in [1.54, 1.807) is 6.92 Å². The summed E-state index contributed by atoms with van der Waals surface area (Å²) >= 11 is 0. The maximum absolute atomic E-state index is 13.6. The van der Waals surface area contributed by atoms with Crippen molar-refractivity contribution >= 4 is 11.8 Å². The van der Waals surface area contributed by atoms with E-state index in [-0.39, 0.29) is 11.8 Å². The second-order valence-corrected chi connectivity index (χ2v) is 6.60. The summed E-state index contributed by atoms with van der Waals surface area (Å²) in [4.78, 5) is 22.5. The van der Waals surface area contributed by atoms with E-state index in [9.17, 15) is 23.5 Å².